The predicted molar refractivity (Wildman–Crippen MR) is 177 cm³/mol. The zero-order valence-electron chi connectivity index (χ0n) is 21.3. The maximum absolute atomic E-state index is 12.2. The van der Waals surface area contributed by atoms with Gasteiger partial charge in [-0.3, -0.25) is 9.59 Å². The Hall–Kier alpha value is 1.86. The highest BCUT2D eigenvalue weighted by Crippen LogP contribution is 2.36. The van der Waals surface area contributed by atoms with E-state index in [1.165, 1.54) is 77.0 Å². The Labute approximate surface area is 263 Å². The third-order valence-electron chi connectivity index (χ3n) is 5.68. The average molecular weight is 930 g/mol. The van der Waals surface area contributed by atoms with Crippen molar-refractivity contribution in [2.24, 2.45) is 0 Å². The monoisotopic (exact) mass is 930 g/mol. The van der Waals surface area contributed by atoms with Gasteiger partial charge in [0.05, 0.1) is 0 Å². The minimum atomic E-state index is -0.465. The molecule has 0 aromatic heterocycles. The summed E-state index contributed by atoms with van der Waals surface area (Å²) in [5.74, 6) is -0.340. The Morgan fingerprint density at radius 1 is 0.500 bits per heavy atom. The molecule has 0 saturated carbocycles. The molecule has 0 aromatic rings. The summed E-state index contributed by atoms with van der Waals surface area (Å²) in [6, 6.07) is 0. The van der Waals surface area contributed by atoms with Crippen LogP contribution >= 0.6 is 90.4 Å². The van der Waals surface area contributed by atoms with E-state index in [9.17, 15) is 9.59 Å². The van der Waals surface area contributed by atoms with Gasteiger partial charge in [0.25, 0.3) is 0 Å². The zero-order valence-corrected chi connectivity index (χ0v) is 29.9. The van der Waals surface area contributed by atoms with E-state index >= 15 is 0 Å². The maximum atomic E-state index is 12.2. The van der Waals surface area contributed by atoms with Crippen molar-refractivity contribution in [3.05, 3.63) is 0 Å². The fraction of sp³-hybridized carbons (Fsp3) is 0.923. The van der Waals surface area contributed by atoms with E-state index in [4.69, 9.17) is 9.47 Å². The van der Waals surface area contributed by atoms with Crippen molar-refractivity contribution in [3.63, 3.8) is 0 Å². The molecular weight excluding hydrogens is 884 g/mol. The SMILES string of the molecule is CCCCCCCCCC(I)(I)OC(=O)CCCCC(=O)OC(I)(I)CCCCCCCCC. The molecule has 0 bridgehead atoms. The topological polar surface area (TPSA) is 52.6 Å². The van der Waals surface area contributed by atoms with Crippen LogP contribution in [0.25, 0.3) is 0 Å². The molecule has 0 saturated heterocycles. The van der Waals surface area contributed by atoms with E-state index in [1.807, 2.05) is 0 Å². The van der Waals surface area contributed by atoms with Gasteiger partial charge < -0.3 is 9.47 Å². The molecule has 4 nitrogen and oxygen atoms in total. The number of unbranched alkanes of at least 4 members (excludes halogenated alkanes) is 13. The highest BCUT2D eigenvalue weighted by Gasteiger charge is 2.27. The van der Waals surface area contributed by atoms with Gasteiger partial charge in [0.15, 0.2) is 0 Å². The summed E-state index contributed by atoms with van der Waals surface area (Å²) in [6.45, 7) is 4.47. The first kappa shape index (κ1) is 35.9. The molecule has 0 radical (unpaired) electrons. The number of rotatable bonds is 23. The van der Waals surface area contributed by atoms with Gasteiger partial charge in [-0.1, -0.05) is 90.9 Å². The molecule has 0 unspecified atom stereocenters. The molecule has 0 aliphatic heterocycles. The Kier molecular flexibility index (Phi) is 24.1. The number of halogens is 4. The van der Waals surface area contributed by atoms with Crippen LogP contribution in [0, 0.1) is 0 Å². The number of carbonyl (C=O) groups is 2. The van der Waals surface area contributed by atoms with E-state index in [1.54, 1.807) is 0 Å². The van der Waals surface area contributed by atoms with Crippen molar-refractivity contribution < 1.29 is 19.1 Å². The van der Waals surface area contributed by atoms with Crippen molar-refractivity contribution in [2.75, 3.05) is 0 Å². The lowest BCUT2D eigenvalue weighted by molar-refractivity contribution is -0.147. The predicted octanol–water partition coefficient (Wildman–Crippen LogP) is 11.0. The normalized spacial score (nSPS) is 12.1. The van der Waals surface area contributed by atoms with Crippen LogP contribution in [-0.4, -0.2) is 15.2 Å². The van der Waals surface area contributed by atoms with E-state index in [-0.39, 0.29) is 11.9 Å². The van der Waals surface area contributed by atoms with Crippen molar-refractivity contribution in [2.45, 2.75) is 145 Å². The summed E-state index contributed by atoms with van der Waals surface area (Å²) in [6.07, 6.45) is 21.4. The van der Waals surface area contributed by atoms with Gasteiger partial charge >= 0.3 is 11.9 Å². The molecular formula is C26H46I4O4. The molecule has 0 aliphatic rings. The van der Waals surface area contributed by atoms with Crippen LogP contribution in [0.15, 0.2) is 0 Å². The number of hydrogen-bond acceptors (Lipinski definition) is 4. The Morgan fingerprint density at radius 2 is 0.794 bits per heavy atom. The van der Waals surface area contributed by atoms with Crippen molar-refractivity contribution in [1.82, 2.24) is 0 Å². The molecule has 34 heavy (non-hydrogen) atoms. The highest BCUT2D eigenvalue weighted by molar-refractivity contribution is 14.2. The van der Waals surface area contributed by atoms with Crippen LogP contribution in [0.4, 0.5) is 0 Å². The first-order valence-corrected chi connectivity index (χ1v) is 17.6. The summed E-state index contributed by atoms with van der Waals surface area (Å²) >= 11 is 8.96. The number of hydrogen-bond donors (Lipinski definition) is 0. The van der Waals surface area contributed by atoms with Gasteiger partial charge in [-0.2, -0.15) is 0 Å². The van der Waals surface area contributed by atoms with E-state index in [0.717, 1.165) is 25.7 Å². The summed E-state index contributed by atoms with van der Waals surface area (Å²) < 4.78 is 10.4. The van der Waals surface area contributed by atoms with Crippen LogP contribution in [-0.2, 0) is 19.1 Å². The van der Waals surface area contributed by atoms with E-state index < -0.39 is 3.23 Å². The fourth-order valence-electron chi connectivity index (χ4n) is 3.65. The van der Waals surface area contributed by atoms with Crippen molar-refractivity contribution in [3.8, 4) is 0 Å². The highest BCUT2D eigenvalue weighted by atomic mass is 127. The van der Waals surface area contributed by atoms with E-state index in [0.29, 0.717) is 25.7 Å². The smallest absolute Gasteiger partial charge is 0.307 e. The number of alkyl halides is 4. The van der Waals surface area contributed by atoms with Crippen LogP contribution in [0.1, 0.15) is 142 Å². The largest absolute Gasteiger partial charge is 0.439 e. The Bertz CT molecular complexity index is 481. The molecule has 0 fully saturated rings. The molecule has 0 amide bonds. The van der Waals surface area contributed by atoms with Gasteiger partial charge in [-0.15, -0.1) is 0 Å². The third kappa shape index (κ3) is 24.2. The molecule has 0 rings (SSSR count). The lowest BCUT2D eigenvalue weighted by Gasteiger charge is -2.22. The van der Waals surface area contributed by atoms with Gasteiger partial charge in [0, 0.05) is 25.7 Å². The third-order valence-corrected chi connectivity index (χ3v) is 8.72. The lowest BCUT2D eigenvalue weighted by Crippen LogP contribution is -2.22. The molecule has 0 atom stereocenters. The van der Waals surface area contributed by atoms with Gasteiger partial charge in [0.1, 0.15) is 0 Å². The molecule has 0 aliphatic carbocycles. The van der Waals surface area contributed by atoms with E-state index in [2.05, 4.69) is 104 Å². The van der Waals surface area contributed by atoms with Gasteiger partial charge in [-0.05, 0) is 116 Å². The summed E-state index contributed by atoms with van der Waals surface area (Å²) in [4.78, 5) is 24.4. The molecule has 0 heterocycles. The zero-order chi connectivity index (χ0) is 25.7. The standard InChI is InChI=1S/C26H46I4O4/c1-3-5-7-9-11-13-17-21-25(27,28)33-23(31)19-15-16-20-24(32)34-26(29,30)22-18-14-12-10-8-6-4-2/h3-22H2,1-2H3. The van der Waals surface area contributed by atoms with Crippen LogP contribution < -0.4 is 0 Å². The fourth-order valence-corrected chi connectivity index (χ4v) is 6.16. The van der Waals surface area contributed by atoms with Crippen LogP contribution in [0.2, 0.25) is 0 Å². The summed E-state index contributed by atoms with van der Waals surface area (Å²) in [7, 11) is 0. The van der Waals surface area contributed by atoms with Crippen molar-refractivity contribution in [1.29, 1.82) is 0 Å². The second-order valence-electron chi connectivity index (χ2n) is 9.17. The Balaban J connectivity index is 3.85. The van der Waals surface area contributed by atoms with Gasteiger partial charge in [-0.25, -0.2) is 0 Å². The quantitative estimate of drug-likeness (QED) is 0.0443. The maximum Gasteiger partial charge on any atom is 0.307 e. The molecule has 8 heteroatoms. The minimum absolute atomic E-state index is 0.170. The molecule has 202 valence electrons. The number of ether oxygens (including phenoxy) is 2. The average Bonchev–Trinajstić information content (AvgIpc) is 2.74. The van der Waals surface area contributed by atoms with Crippen molar-refractivity contribution >= 4 is 102 Å². The first-order chi connectivity index (χ1) is 16.1. The molecule has 0 spiro atoms. The second-order valence-corrected chi connectivity index (χ2v) is 20.3. The van der Waals surface area contributed by atoms with Gasteiger partial charge in [0.2, 0.25) is 3.23 Å². The Morgan fingerprint density at radius 3 is 1.12 bits per heavy atom. The number of carbonyl (C=O) groups excluding carboxylic acids is 2. The molecule has 0 aromatic carbocycles. The lowest BCUT2D eigenvalue weighted by atomic mass is 10.1. The first-order valence-electron chi connectivity index (χ1n) is 13.3. The summed E-state index contributed by atoms with van der Waals surface area (Å²) in [5.41, 5.74) is 0. The number of esters is 2. The summed E-state index contributed by atoms with van der Waals surface area (Å²) in [5, 5.41) is 0. The molecule has 0 N–H and O–H groups in total. The minimum Gasteiger partial charge on any atom is -0.439 e. The van der Waals surface area contributed by atoms with Crippen LogP contribution in [0.5, 0.6) is 0 Å². The second kappa shape index (κ2) is 22.8. The van der Waals surface area contributed by atoms with Crippen LogP contribution in [0.3, 0.4) is 0 Å².